The van der Waals surface area contributed by atoms with E-state index in [1.165, 1.54) is 20.3 Å². The zero-order valence-electron chi connectivity index (χ0n) is 11.7. The number of methoxy groups -OCH3 is 2. The van der Waals surface area contributed by atoms with E-state index in [4.69, 9.17) is 14.6 Å². The summed E-state index contributed by atoms with van der Waals surface area (Å²) in [6, 6.07) is 0.880. The van der Waals surface area contributed by atoms with E-state index in [0.717, 1.165) is 0 Å². The predicted molar refractivity (Wildman–Crippen MR) is 71.5 cm³/mol. The molecule has 1 aliphatic rings. The summed E-state index contributed by atoms with van der Waals surface area (Å²) in [4.78, 5) is 30.6. The number of aliphatic carboxylic acids is 1. The monoisotopic (exact) mass is 296 g/mol. The Kier molecular flexibility index (Phi) is 4.10. The third-order valence-corrected chi connectivity index (χ3v) is 3.22. The number of aromatic nitrogens is 2. The maximum Gasteiger partial charge on any atom is 0.321 e. The Bertz CT molecular complexity index is 536. The molecule has 2 amide bonds. The number of carboxylic acid groups (broad SMARTS) is 1. The Labute approximate surface area is 120 Å². The maximum absolute atomic E-state index is 11.7. The summed E-state index contributed by atoms with van der Waals surface area (Å²) in [7, 11) is 2.85. The number of carboxylic acids is 1. The average molecular weight is 296 g/mol. The van der Waals surface area contributed by atoms with E-state index in [0.29, 0.717) is 12.8 Å². The lowest BCUT2D eigenvalue weighted by Crippen LogP contribution is -2.37. The number of hydrogen-bond donors (Lipinski definition) is 3. The molecule has 0 unspecified atom stereocenters. The standard InChI is InChI=1S/C12H16N4O5/c1-20-7-5-8(21-2)15-10(14-7)16-11(19)13-6-12(3-4-12)9(17)18/h5H,3-4,6H2,1-2H3,(H,17,18)(H2,13,14,15,16,19). The van der Waals surface area contributed by atoms with Crippen molar-refractivity contribution in [2.24, 2.45) is 5.41 Å². The van der Waals surface area contributed by atoms with E-state index in [1.807, 2.05) is 0 Å². The Balaban J connectivity index is 1.95. The minimum Gasteiger partial charge on any atom is -0.481 e. The molecule has 3 N–H and O–H groups in total. The molecule has 1 aromatic heterocycles. The van der Waals surface area contributed by atoms with Crippen molar-refractivity contribution in [1.29, 1.82) is 0 Å². The molecule has 1 aromatic rings. The SMILES string of the molecule is COc1cc(OC)nc(NC(=O)NCC2(C(=O)O)CC2)n1. The van der Waals surface area contributed by atoms with Crippen LogP contribution >= 0.6 is 0 Å². The van der Waals surface area contributed by atoms with Gasteiger partial charge in [-0.3, -0.25) is 10.1 Å². The van der Waals surface area contributed by atoms with E-state index in [2.05, 4.69) is 20.6 Å². The van der Waals surface area contributed by atoms with Crippen molar-refractivity contribution in [2.75, 3.05) is 26.1 Å². The highest BCUT2D eigenvalue weighted by atomic mass is 16.5. The first kappa shape index (κ1) is 14.8. The Morgan fingerprint density at radius 1 is 1.29 bits per heavy atom. The first-order valence-electron chi connectivity index (χ1n) is 6.24. The van der Waals surface area contributed by atoms with Crippen LogP contribution in [0.5, 0.6) is 11.8 Å². The Hall–Kier alpha value is -2.58. The van der Waals surface area contributed by atoms with Gasteiger partial charge in [0.1, 0.15) is 0 Å². The summed E-state index contributed by atoms with van der Waals surface area (Å²) >= 11 is 0. The van der Waals surface area contributed by atoms with Crippen LogP contribution in [0.3, 0.4) is 0 Å². The maximum atomic E-state index is 11.7. The Morgan fingerprint density at radius 2 is 1.86 bits per heavy atom. The second kappa shape index (κ2) is 5.81. The van der Waals surface area contributed by atoms with Crippen LogP contribution in [-0.2, 0) is 4.79 Å². The van der Waals surface area contributed by atoms with Crippen molar-refractivity contribution in [1.82, 2.24) is 15.3 Å². The van der Waals surface area contributed by atoms with E-state index >= 15 is 0 Å². The molecule has 0 saturated heterocycles. The highest BCUT2D eigenvalue weighted by Gasteiger charge is 2.50. The van der Waals surface area contributed by atoms with Crippen molar-refractivity contribution in [3.8, 4) is 11.8 Å². The van der Waals surface area contributed by atoms with Crippen LogP contribution in [0, 0.1) is 5.41 Å². The molecule has 9 heteroatoms. The smallest absolute Gasteiger partial charge is 0.321 e. The number of carbonyl (C=O) groups excluding carboxylic acids is 1. The summed E-state index contributed by atoms with van der Waals surface area (Å²) in [5.74, 6) is -0.423. The molecule has 0 spiro atoms. The van der Waals surface area contributed by atoms with E-state index in [9.17, 15) is 9.59 Å². The lowest BCUT2D eigenvalue weighted by atomic mass is 10.1. The number of amides is 2. The van der Waals surface area contributed by atoms with Gasteiger partial charge in [-0.15, -0.1) is 0 Å². The molecule has 0 radical (unpaired) electrons. The number of urea groups is 1. The molecule has 1 saturated carbocycles. The highest BCUT2D eigenvalue weighted by molar-refractivity contribution is 5.88. The van der Waals surface area contributed by atoms with Crippen LogP contribution < -0.4 is 20.1 Å². The molecule has 1 aliphatic carbocycles. The van der Waals surface area contributed by atoms with Gasteiger partial charge >= 0.3 is 12.0 Å². The van der Waals surface area contributed by atoms with Crippen LogP contribution in [-0.4, -0.2) is 47.8 Å². The Morgan fingerprint density at radius 3 is 2.29 bits per heavy atom. The van der Waals surface area contributed by atoms with Gasteiger partial charge in [0.25, 0.3) is 0 Å². The number of carbonyl (C=O) groups is 2. The molecule has 0 atom stereocenters. The van der Waals surface area contributed by atoms with Crippen LogP contribution in [0.25, 0.3) is 0 Å². The number of hydrogen-bond acceptors (Lipinski definition) is 6. The van der Waals surface area contributed by atoms with Gasteiger partial charge in [-0.2, -0.15) is 9.97 Å². The van der Waals surface area contributed by atoms with Gasteiger partial charge in [-0.1, -0.05) is 0 Å². The molecular formula is C12H16N4O5. The van der Waals surface area contributed by atoms with Crippen molar-refractivity contribution >= 4 is 17.9 Å². The van der Waals surface area contributed by atoms with Crippen LogP contribution in [0.15, 0.2) is 6.07 Å². The fourth-order valence-corrected chi connectivity index (χ4v) is 1.68. The number of rotatable bonds is 6. The van der Waals surface area contributed by atoms with Crippen molar-refractivity contribution in [2.45, 2.75) is 12.8 Å². The highest BCUT2D eigenvalue weighted by Crippen LogP contribution is 2.45. The van der Waals surface area contributed by atoms with Gasteiger partial charge in [-0.25, -0.2) is 4.79 Å². The van der Waals surface area contributed by atoms with Crippen LogP contribution in [0.2, 0.25) is 0 Å². The van der Waals surface area contributed by atoms with Gasteiger partial charge in [0.05, 0.1) is 25.7 Å². The lowest BCUT2D eigenvalue weighted by molar-refractivity contribution is -0.143. The minimum atomic E-state index is -0.901. The fourth-order valence-electron chi connectivity index (χ4n) is 1.68. The number of nitrogens with zero attached hydrogens (tertiary/aromatic N) is 2. The van der Waals surface area contributed by atoms with Crippen LogP contribution in [0.4, 0.5) is 10.7 Å². The molecule has 1 fully saturated rings. The van der Waals surface area contributed by atoms with Crippen molar-refractivity contribution < 1.29 is 24.2 Å². The zero-order valence-corrected chi connectivity index (χ0v) is 11.7. The topological polar surface area (TPSA) is 123 Å². The molecule has 0 aliphatic heterocycles. The van der Waals surface area contributed by atoms with Gasteiger partial charge in [0.15, 0.2) is 0 Å². The van der Waals surface area contributed by atoms with Crippen molar-refractivity contribution in [3.63, 3.8) is 0 Å². The summed E-state index contributed by atoms with van der Waals surface area (Å²) in [6.45, 7) is 0.0648. The summed E-state index contributed by atoms with van der Waals surface area (Å²) in [5.41, 5.74) is -0.829. The van der Waals surface area contributed by atoms with Gasteiger partial charge in [0, 0.05) is 6.54 Å². The predicted octanol–water partition coefficient (Wildman–Crippen LogP) is 0.480. The van der Waals surface area contributed by atoms with E-state index < -0.39 is 17.4 Å². The molecule has 0 aromatic carbocycles. The summed E-state index contributed by atoms with van der Waals surface area (Å²) in [5, 5.41) is 13.9. The molecule has 0 bridgehead atoms. The third-order valence-electron chi connectivity index (χ3n) is 3.22. The number of ether oxygens (including phenoxy) is 2. The zero-order chi connectivity index (χ0) is 15.5. The summed E-state index contributed by atoms with van der Waals surface area (Å²) < 4.78 is 9.91. The molecular weight excluding hydrogens is 280 g/mol. The lowest BCUT2D eigenvalue weighted by Gasteiger charge is -2.12. The van der Waals surface area contributed by atoms with Crippen LogP contribution in [0.1, 0.15) is 12.8 Å². The van der Waals surface area contributed by atoms with Gasteiger partial charge in [0.2, 0.25) is 17.7 Å². The van der Waals surface area contributed by atoms with Gasteiger partial charge in [-0.05, 0) is 12.8 Å². The second-order valence-corrected chi connectivity index (χ2v) is 4.67. The quantitative estimate of drug-likeness (QED) is 0.697. The first-order chi connectivity index (χ1) is 9.99. The fraction of sp³-hybridized carbons (Fsp3) is 0.500. The second-order valence-electron chi connectivity index (χ2n) is 4.67. The molecule has 114 valence electrons. The van der Waals surface area contributed by atoms with E-state index in [-0.39, 0.29) is 24.3 Å². The third kappa shape index (κ3) is 3.50. The first-order valence-corrected chi connectivity index (χ1v) is 6.24. The molecule has 2 rings (SSSR count). The normalized spacial score (nSPS) is 15.0. The average Bonchev–Trinajstić information content (AvgIpc) is 3.26. The number of anilines is 1. The molecule has 9 nitrogen and oxygen atoms in total. The minimum absolute atomic E-state index is 0.00359. The van der Waals surface area contributed by atoms with Crippen molar-refractivity contribution in [3.05, 3.63) is 6.07 Å². The summed E-state index contributed by atoms with van der Waals surface area (Å²) in [6.07, 6.45) is 1.12. The largest absolute Gasteiger partial charge is 0.481 e. The van der Waals surface area contributed by atoms with Gasteiger partial charge < -0.3 is 19.9 Å². The molecule has 21 heavy (non-hydrogen) atoms. The molecule has 1 heterocycles. The number of nitrogens with one attached hydrogen (secondary N) is 2. The van der Waals surface area contributed by atoms with E-state index in [1.54, 1.807) is 0 Å².